The lowest BCUT2D eigenvalue weighted by molar-refractivity contribution is -0.131. The molecule has 0 spiro atoms. The van der Waals surface area contributed by atoms with Crippen molar-refractivity contribution in [2.45, 2.75) is 0 Å². The van der Waals surface area contributed by atoms with Gasteiger partial charge in [-0.3, -0.25) is 9.48 Å². The lowest BCUT2D eigenvalue weighted by Crippen LogP contribution is -2.09. The summed E-state index contributed by atoms with van der Waals surface area (Å²) in [6.07, 6.45) is 5.73. The summed E-state index contributed by atoms with van der Waals surface area (Å²) in [7, 11) is 1.76. The summed E-state index contributed by atoms with van der Waals surface area (Å²) in [6, 6.07) is 3.35. The van der Waals surface area contributed by atoms with Gasteiger partial charge in [0.25, 0.3) is 5.91 Å². The number of anilines is 1. The summed E-state index contributed by atoms with van der Waals surface area (Å²) in [4.78, 5) is 23.5. The van der Waals surface area contributed by atoms with Gasteiger partial charge in [0, 0.05) is 24.2 Å². The molecule has 2 N–H and O–H groups in total. The molecule has 2 rings (SSSR count). The van der Waals surface area contributed by atoms with Crippen LogP contribution in [0.2, 0.25) is 0 Å². The van der Waals surface area contributed by atoms with Gasteiger partial charge in [-0.2, -0.15) is 5.10 Å². The Labute approximate surface area is 113 Å². The third-order valence-electron chi connectivity index (χ3n) is 2.20. The molecule has 0 aliphatic rings. The van der Waals surface area contributed by atoms with E-state index in [1.165, 1.54) is 17.4 Å². The molecule has 2 aromatic rings. The summed E-state index contributed by atoms with van der Waals surface area (Å²) in [5.41, 5.74) is 0.614. The standard InChI is InChI=1S/C12H11N3O3S/c1-15-7-8(6-13-15)14-12(18)10-4-2-9(19-10)3-5-11(16)17/h2-7H,1H3,(H,14,18)(H,16,17)/b5-3+. The predicted octanol–water partition coefficient (Wildman–Crippen LogP) is 1.83. The fraction of sp³-hybridized carbons (Fsp3) is 0.0833. The molecule has 1 amide bonds. The van der Waals surface area contributed by atoms with Crippen molar-refractivity contribution in [1.29, 1.82) is 0 Å². The Balaban J connectivity index is 2.06. The molecule has 0 aliphatic heterocycles. The molecule has 0 saturated carbocycles. The normalized spacial score (nSPS) is 10.8. The molecule has 0 saturated heterocycles. The first-order valence-electron chi connectivity index (χ1n) is 5.35. The summed E-state index contributed by atoms with van der Waals surface area (Å²) >= 11 is 1.22. The molecule has 19 heavy (non-hydrogen) atoms. The number of carboxylic acid groups (broad SMARTS) is 1. The zero-order chi connectivity index (χ0) is 13.8. The van der Waals surface area contributed by atoms with E-state index in [1.807, 2.05) is 0 Å². The van der Waals surface area contributed by atoms with Gasteiger partial charge in [-0.25, -0.2) is 4.79 Å². The number of aromatic nitrogens is 2. The van der Waals surface area contributed by atoms with Gasteiger partial charge in [0.05, 0.1) is 16.8 Å². The van der Waals surface area contributed by atoms with Crippen LogP contribution in [0.25, 0.3) is 6.08 Å². The topological polar surface area (TPSA) is 84.2 Å². The maximum atomic E-state index is 11.9. The van der Waals surface area contributed by atoms with Crippen molar-refractivity contribution < 1.29 is 14.7 Å². The van der Waals surface area contributed by atoms with E-state index < -0.39 is 5.97 Å². The van der Waals surface area contributed by atoms with E-state index in [0.29, 0.717) is 15.4 Å². The highest BCUT2D eigenvalue weighted by Gasteiger charge is 2.09. The third kappa shape index (κ3) is 3.52. The minimum absolute atomic E-state index is 0.243. The Bertz CT molecular complexity index is 642. The third-order valence-corrected chi connectivity index (χ3v) is 3.25. The van der Waals surface area contributed by atoms with Crippen LogP contribution in [0.4, 0.5) is 5.69 Å². The van der Waals surface area contributed by atoms with E-state index in [4.69, 9.17) is 5.11 Å². The number of nitrogens with one attached hydrogen (secondary N) is 1. The number of thiophene rings is 1. The second-order valence-electron chi connectivity index (χ2n) is 3.73. The van der Waals surface area contributed by atoms with Crippen LogP contribution in [0.15, 0.2) is 30.6 Å². The molecule has 2 heterocycles. The van der Waals surface area contributed by atoms with Crippen molar-refractivity contribution in [2.24, 2.45) is 7.05 Å². The molecule has 0 bridgehead atoms. The van der Waals surface area contributed by atoms with E-state index in [-0.39, 0.29) is 5.91 Å². The second-order valence-corrected chi connectivity index (χ2v) is 4.85. The number of carbonyl (C=O) groups excluding carboxylic acids is 1. The van der Waals surface area contributed by atoms with Crippen molar-refractivity contribution in [3.05, 3.63) is 40.4 Å². The molecule has 0 radical (unpaired) electrons. The average Bonchev–Trinajstić information content (AvgIpc) is 2.95. The van der Waals surface area contributed by atoms with Crippen molar-refractivity contribution in [1.82, 2.24) is 9.78 Å². The smallest absolute Gasteiger partial charge is 0.328 e. The zero-order valence-electron chi connectivity index (χ0n) is 10.0. The molecule has 6 nitrogen and oxygen atoms in total. The summed E-state index contributed by atoms with van der Waals surface area (Å²) in [5.74, 6) is -1.26. The fourth-order valence-corrected chi connectivity index (χ4v) is 2.20. The quantitative estimate of drug-likeness (QED) is 0.835. The fourth-order valence-electron chi connectivity index (χ4n) is 1.40. The molecule has 0 aromatic carbocycles. The first-order valence-corrected chi connectivity index (χ1v) is 6.17. The van der Waals surface area contributed by atoms with Gasteiger partial charge in [-0.1, -0.05) is 0 Å². The number of rotatable bonds is 4. The van der Waals surface area contributed by atoms with E-state index in [1.54, 1.807) is 36.3 Å². The molecule has 7 heteroatoms. The predicted molar refractivity (Wildman–Crippen MR) is 72.2 cm³/mol. The summed E-state index contributed by atoms with van der Waals surface area (Å²) in [5, 5.41) is 15.2. The monoisotopic (exact) mass is 277 g/mol. The van der Waals surface area contributed by atoms with Crippen LogP contribution in [0.5, 0.6) is 0 Å². The van der Waals surface area contributed by atoms with Crippen molar-refractivity contribution in [3.8, 4) is 0 Å². The number of amides is 1. The van der Waals surface area contributed by atoms with Gasteiger partial charge in [0.1, 0.15) is 0 Å². The molecule has 98 valence electrons. The lowest BCUT2D eigenvalue weighted by atomic mass is 10.3. The minimum Gasteiger partial charge on any atom is -0.478 e. The van der Waals surface area contributed by atoms with Crippen molar-refractivity contribution in [3.63, 3.8) is 0 Å². The zero-order valence-corrected chi connectivity index (χ0v) is 10.8. The van der Waals surface area contributed by atoms with Gasteiger partial charge in [-0.05, 0) is 18.2 Å². The van der Waals surface area contributed by atoms with Crippen molar-refractivity contribution in [2.75, 3.05) is 5.32 Å². The van der Waals surface area contributed by atoms with Crippen LogP contribution >= 0.6 is 11.3 Å². The second kappa shape index (κ2) is 5.49. The first-order chi connectivity index (χ1) is 9.04. The number of aryl methyl sites for hydroxylation is 1. The lowest BCUT2D eigenvalue weighted by Gasteiger charge is -1.98. The Morgan fingerprint density at radius 3 is 2.89 bits per heavy atom. The summed E-state index contributed by atoms with van der Waals surface area (Å²) < 4.78 is 1.59. The Kier molecular flexibility index (Phi) is 3.76. The highest BCUT2D eigenvalue weighted by molar-refractivity contribution is 7.15. The maximum Gasteiger partial charge on any atom is 0.328 e. The van der Waals surface area contributed by atoms with Crippen molar-refractivity contribution >= 4 is 35.0 Å². The number of hydrogen-bond acceptors (Lipinski definition) is 4. The van der Waals surface area contributed by atoms with Gasteiger partial charge >= 0.3 is 5.97 Å². The first kappa shape index (κ1) is 13.0. The minimum atomic E-state index is -1.02. The van der Waals surface area contributed by atoms with E-state index in [2.05, 4.69) is 10.4 Å². The van der Waals surface area contributed by atoms with Gasteiger partial charge in [0.2, 0.25) is 0 Å². The molecular formula is C12H11N3O3S. The van der Waals surface area contributed by atoms with Crippen LogP contribution in [0.1, 0.15) is 14.5 Å². The van der Waals surface area contributed by atoms with Crippen LogP contribution in [-0.2, 0) is 11.8 Å². The maximum absolute atomic E-state index is 11.9. The Morgan fingerprint density at radius 2 is 2.26 bits per heavy atom. The van der Waals surface area contributed by atoms with Gasteiger partial charge in [-0.15, -0.1) is 11.3 Å². The number of hydrogen-bond donors (Lipinski definition) is 2. The Morgan fingerprint density at radius 1 is 1.47 bits per heavy atom. The molecular weight excluding hydrogens is 266 g/mol. The molecule has 2 aromatic heterocycles. The number of nitrogens with zero attached hydrogens (tertiary/aromatic N) is 2. The van der Waals surface area contributed by atoms with Gasteiger partial charge in [0.15, 0.2) is 0 Å². The highest BCUT2D eigenvalue weighted by atomic mass is 32.1. The van der Waals surface area contributed by atoms with Crippen LogP contribution < -0.4 is 5.32 Å². The van der Waals surface area contributed by atoms with Crippen LogP contribution in [-0.4, -0.2) is 26.8 Å². The SMILES string of the molecule is Cn1cc(NC(=O)c2ccc(/C=C/C(=O)O)s2)cn1. The Hall–Kier alpha value is -2.41. The number of aliphatic carboxylic acids is 1. The molecule has 0 fully saturated rings. The van der Waals surface area contributed by atoms with E-state index in [9.17, 15) is 9.59 Å². The van der Waals surface area contributed by atoms with E-state index in [0.717, 1.165) is 6.08 Å². The average molecular weight is 277 g/mol. The molecule has 0 unspecified atom stereocenters. The van der Waals surface area contributed by atoms with Crippen LogP contribution in [0.3, 0.4) is 0 Å². The van der Waals surface area contributed by atoms with E-state index >= 15 is 0 Å². The van der Waals surface area contributed by atoms with Gasteiger partial charge < -0.3 is 10.4 Å². The number of carboxylic acids is 1. The number of carbonyl (C=O) groups is 2. The highest BCUT2D eigenvalue weighted by Crippen LogP contribution is 2.19. The summed E-state index contributed by atoms with van der Waals surface area (Å²) in [6.45, 7) is 0. The largest absolute Gasteiger partial charge is 0.478 e. The molecule has 0 aliphatic carbocycles. The van der Waals surface area contributed by atoms with Crippen LogP contribution in [0, 0.1) is 0 Å². The molecule has 0 atom stereocenters.